The summed E-state index contributed by atoms with van der Waals surface area (Å²) in [5.41, 5.74) is 5.41. The Labute approximate surface area is 196 Å². The van der Waals surface area contributed by atoms with E-state index < -0.39 is 10.0 Å². The van der Waals surface area contributed by atoms with Crippen molar-refractivity contribution in [3.63, 3.8) is 0 Å². The molecule has 0 saturated heterocycles. The van der Waals surface area contributed by atoms with E-state index >= 15 is 0 Å². The molecule has 0 heterocycles. The largest absolute Gasteiger partial charge is 0.492 e. The first-order chi connectivity index (χ1) is 15.6. The van der Waals surface area contributed by atoms with Gasteiger partial charge in [0.2, 0.25) is 0 Å². The summed E-state index contributed by atoms with van der Waals surface area (Å²) in [5, 5.41) is 2.78. The molecule has 174 valence electrons. The van der Waals surface area contributed by atoms with Crippen LogP contribution in [0.4, 0.5) is 5.69 Å². The lowest BCUT2D eigenvalue weighted by molar-refractivity contribution is 0.0946. The van der Waals surface area contributed by atoms with Crippen molar-refractivity contribution in [2.75, 3.05) is 17.9 Å². The standard InChI is InChI=1S/C26H30N2O4S/c1-17-13-18(2)15-23(14-17)32-12-11-27-26(29)22-10-9-20(4)25(16-22)33(30,31)28-24-8-6-7-19(3)21(24)5/h6-10,13-16,28H,11-12H2,1-5H3,(H,27,29). The Balaban J connectivity index is 1.68. The maximum absolute atomic E-state index is 13.1. The molecule has 0 bridgehead atoms. The fourth-order valence-corrected chi connectivity index (χ4v) is 4.94. The molecule has 0 saturated carbocycles. The maximum atomic E-state index is 13.1. The third-order valence-corrected chi connectivity index (χ3v) is 6.95. The Kier molecular flexibility index (Phi) is 7.43. The third-order valence-electron chi connectivity index (χ3n) is 5.44. The fourth-order valence-electron chi connectivity index (χ4n) is 3.54. The van der Waals surface area contributed by atoms with Gasteiger partial charge >= 0.3 is 0 Å². The highest BCUT2D eigenvalue weighted by Crippen LogP contribution is 2.24. The summed E-state index contributed by atoms with van der Waals surface area (Å²) in [5.74, 6) is 0.394. The predicted molar refractivity (Wildman–Crippen MR) is 132 cm³/mol. The Morgan fingerprint density at radius 2 is 1.58 bits per heavy atom. The van der Waals surface area contributed by atoms with Gasteiger partial charge in [-0.2, -0.15) is 0 Å². The molecular formula is C26H30N2O4S. The van der Waals surface area contributed by atoms with Crippen LogP contribution in [-0.2, 0) is 10.0 Å². The van der Waals surface area contributed by atoms with Crippen LogP contribution >= 0.6 is 0 Å². The molecule has 3 rings (SSSR count). The van der Waals surface area contributed by atoms with E-state index in [1.54, 1.807) is 31.2 Å². The van der Waals surface area contributed by atoms with Crippen LogP contribution in [0, 0.1) is 34.6 Å². The predicted octanol–water partition coefficient (Wildman–Crippen LogP) is 4.84. The molecule has 0 spiro atoms. The number of hydrogen-bond donors (Lipinski definition) is 2. The number of nitrogens with one attached hydrogen (secondary N) is 2. The van der Waals surface area contributed by atoms with Gasteiger partial charge in [0, 0.05) is 5.56 Å². The molecule has 0 aromatic heterocycles. The summed E-state index contributed by atoms with van der Waals surface area (Å²) in [6.45, 7) is 10.1. The van der Waals surface area contributed by atoms with Crippen LogP contribution in [0.5, 0.6) is 5.75 Å². The number of benzene rings is 3. The number of carbonyl (C=O) groups excluding carboxylic acids is 1. The van der Waals surface area contributed by atoms with Crippen molar-refractivity contribution >= 4 is 21.6 Å². The molecule has 6 nitrogen and oxygen atoms in total. The quantitative estimate of drug-likeness (QED) is 0.465. The smallest absolute Gasteiger partial charge is 0.262 e. The number of carbonyl (C=O) groups is 1. The van der Waals surface area contributed by atoms with Crippen LogP contribution in [0.3, 0.4) is 0 Å². The molecule has 0 aliphatic carbocycles. The van der Waals surface area contributed by atoms with Gasteiger partial charge in [0.15, 0.2) is 0 Å². The third kappa shape index (κ3) is 6.14. The molecule has 33 heavy (non-hydrogen) atoms. The zero-order chi connectivity index (χ0) is 24.2. The van der Waals surface area contributed by atoms with Gasteiger partial charge < -0.3 is 10.1 Å². The van der Waals surface area contributed by atoms with Crippen LogP contribution in [0.15, 0.2) is 59.5 Å². The number of rotatable bonds is 8. The number of sulfonamides is 1. The first kappa shape index (κ1) is 24.3. The van der Waals surface area contributed by atoms with Crippen molar-refractivity contribution in [2.24, 2.45) is 0 Å². The molecular weight excluding hydrogens is 436 g/mol. The average molecular weight is 467 g/mol. The fraction of sp³-hybridized carbons (Fsp3) is 0.269. The highest BCUT2D eigenvalue weighted by atomic mass is 32.2. The van der Waals surface area contributed by atoms with Gasteiger partial charge in [-0.05, 0) is 92.8 Å². The number of anilines is 1. The van der Waals surface area contributed by atoms with Crippen LogP contribution in [0.2, 0.25) is 0 Å². The highest BCUT2D eigenvalue weighted by molar-refractivity contribution is 7.92. The van der Waals surface area contributed by atoms with Crippen LogP contribution < -0.4 is 14.8 Å². The topological polar surface area (TPSA) is 84.5 Å². The van der Waals surface area contributed by atoms with E-state index in [1.165, 1.54) is 6.07 Å². The van der Waals surface area contributed by atoms with E-state index in [9.17, 15) is 13.2 Å². The summed E-state index contributed by atoms with van der Waals surface area (Å²) in [6, 6.07) is 16.1. The first-order valence-electron chi connectivity index (χ1n) is 10.8. The van der Waals surface area contributed by atoms with E-state index in [-0.39, 0.29) is 16.4 Å². The lowest BCUT2D eigenvalue weighted by Crippen LogP contribution is -2.28. The Bertz CT molecular complexity index is 1260. The molecule has 0 aliphatic heterocycles. The van der Waals surface area contributed by atoms with Crippen molar-refractivity contribution in [1.29, 1.82) is 0 Å². The van der Waals surface area contributed by atoms with Gasteiger partial charge in [-0.3, -0.25) is 9.52 Å². The molecule has 2 N–H and O–H groups in total. The second-order valence-electron chi connectivity index (χ2n) is 8.26. The molecule has 7 heteroatoms. The van der Waals surface area contributed by atoms with Crippen molar-refractivity contribution < 1.29 is 17.9 Å². The van der Waals surface area contributed by atoms with Gasteiger partial charge in [-0.15, -0.1) is 0 Å². The molecule has 3 aromatic rings. The van der Waals surface area contributed by atoms with E-state index in [0.717, 1.165) is 28.0 Å². The molecule has 3 aromatic carbocycles. The summed E-state index contributed by atoms with van der Waals surface area (Å²) in [6.07, 6.45) is 0. The van der Waals surface area contributed by atoms with Crippen LogP contribution in [0.1, 0.15) is 38.2 Å². The normalized spacial score (nSPS) is 11.2. The Morgan fingerprint density at radius 3 is 2.27 bits per heavy atom. The monoisotopic (exact) mass is 466 g/mol. The first-order valence-corrected chi connectivity index (χ1v) is 12.2. The molecule has 0 unspecified atom stereocenters. The Morgan fingerprint density at radius 1 is 0.879 bits per heavy atom. The number of ether oxygens (including phenoxy) is 1. The lowest BCUT2D eigenvalue weighted by Gasteiger charge is -2.15. The SMILES string of the molecule is Cc1cc(C)cc(OCCNC(=O)c2ccc(C)c(S(=O)(=O)Nc3cccc(C)c3C)c2)c1. The second-order valence-corrected chi connectivity index (χ2v) is 9.91. The Hall–Kier alpha value is -3.32. The summed E-state index contributed by atoms with van der Waals surface area (Å²) < 4.78 is 34.5. The van der Waals surface area contributed by atoms with E-state index in [4.69, 9.17) is 4.74 Å². The van der Waals surface area contributed by atoms with Crippen molar-refractivity contribution in [1.82, 2.24) is 5.32 Å². The molecule has 0 fully saturated rings. The maximum Gasteiger partial charge on any atom is 0.262 e. The minimum atomic E-state index is -3.86. The van der Waals surface area contributed by atoms with Crippen LogP contribution in [-0.4, -0.2) is 27.5 Å². The minimum Gasteiger partial charge on any atom is -0.492 e. The van der Waals surface area contributed by atoms with Crippen LogP contribution in [0.25, 0.3) is 0 Å². The number of hydrogen-bond acceptors (Lipinski definition) is 4. The molecule has 1 amide bonds. The molecule has 0 aliphatic rings. The average Bonchev–Trinajstić information content (AvgIpc) is 2.74. The van der Waals surface area contributed by atoms with E-state index in [2.05, 4.69) is 16.1 Å². The van der Waals surface area contributed by atoms with Crippen molar-refractivity contribution in [3.05, 3.63) is 88.0 Å². The zero-order valence-corrected chi connectivity index (χ0v) is 20.5. The van der Waals surface area contributed by atoms with Crippen molar-refractivity contribution in [3.8, 4) is 5.75 Å². The molecule has 0 radical (unpaired) electrons. The van der Waals surface area contributed by atoms with E-state index in [1.807, 2.05) is 45.9 Å². The summed E-state index contributed by atoms with van der Waals surface area (Å²) in [7, 11) is -3.86. The van der Waals surface area contributed by atoms with E-state index in [0.29, 0.717) is 24.4 Å². The highest BCUT2D eigenvalue weighted by Gasteiger charge is 2.20. The lowest BCUT2D eigenvalue weighted by atomic mass is 10.1. The number of amides is 1. The van der Waals surface area contributed by atoms with Gasteiger partial charge in [0.1, 0.15) is 12.4 Å². The second kappa shape index (κ2) is 10.1. The van der Waals surface area contributed by atoms with Crippen molar-refractivity contribution in [2.45, 2.75) is 39.5 Å². The van der Waals surface area contributed by atoms with Gasteiger partial charge in [0.25, 0.3) is 15.9 Å². The van der Waals surface area contributed by atoms with Gasteiger partial charge in [0.05, 0.1) is 17.1 Å². The minimum absolute atomic E-state index is 0.0718. The van der Waals surface area contributed by atoms with Gasteiger partial charge in [-0.1, -0.05) is 24.3 Å². The summed E-state index contributed by atoms with van der Waals surface area (Å²) >= 11 is 0. The van der Waals surface area contributed by atoms with Gasteiger partial charge in [-0.25, -0.2) is 8.42 Å². The zero-order valence-electron chi connectivity index (χ0n) is 19.7. The summed E-state index contributed by atoms with van der Waals surface area (Å²) in [4.78, 5) is 12.7. The molecule has 0 atom stereocenters. The number of aryl methyl sites for hydroxylation is 4.